The highest BCUT2D eigenvalue weighted by Gasteiger charge is 2.49. The van der Waals surface area contributed by atoms with Gasteiger partial charge in [-0.3, -0.25) is 4.79 Å². The number of rotatable bonds is 4. The van der Waals surface area contributed by atoms with E-state index in [1.807, 2.05) is 0 Å². The van der Waals surface area contributed by atoms with E-state index in [0.29, 0.717) is 11.0 Å². The molecule has 1 aliphatic heterocycles. The Hall–Kier alpha value is -2.03. The summed E-state index contributed by atoms with van der Waals surface area (Å²) < 4.78 is 67.4. The monoisotopic (exact) mass is 550 g/mol. The number of pyridine rings is 1. The van der Waals surface area contributed by atoms with E-state index in [9.17, 15) is 26.4 Å². The molecule has 3 heterocycles. The zero-order chi connectivity index (χ0) is 21.8. The van der Waals surface area contributed by atoms with Crippen molar-refractivity contribution in [2.24, 2.45) is 5.14 Å². The molecule has 7 nitrogen and oxygen atoms in total. The Labute approximate surface area is 182 Å². The van der Waals surface area contributed by atoms with Crippen molar-refractivity contribution in [3.05, 3.63) is 62.7 Å². The molecule has 0 radical (unpaired) electrons. The number of halogens is 4. The Kier molecular flexibility index (Phi) is 5.36. The first-order valence-electron chi connectivity index (χ1n) is 8.63. The van der Waals surface area contributed by atoms with E-state index in [2.05, 4.69) is 9.97 Å². The minimum absolute atomic E-state index is 0.0739. The lowest BCUT2D eigenvalue weighted by atomic mass is 9.88. The van der Waals surface area contributed by atoms with Gasteiger partial charge >= 0.3 is 0 Å². The van der Waals surface area contributed by atoms with Gasteiger partial charge in [0.1, 0.15) is 17.6 Å². The van der Waals surface area contributed by atoms with Crippen molar-refractivity contribution >= 4 is 49.6 Å². The van der Waals surface area contributed by atoms with Crippen LogP contribution in [0.5, 0.6) is 0 Å². The lowest BCUT2D eigenvalue weighted by Crippen LogP contribution is -2.39. The average molecular weight is 550 g/mol. The van der Waals surface area contributed by atoms with E-state index in [1.165, 1.54) is 18.5 Å². The molecule has 1 aromatic carbocycles. The van der Waals surface area contributed by atoms with Crippen LogP contribution < -0.4 is 5.14 Å². The maximum absolute atomic E-state index is 14.9. The van der Waals surface area contributed by atoms with Crippen molar-refractivity contribution in [3.8, 4) is 0 Å². The molecule has 0 saturated carbocycles. The average Bonchev–Trinajstić information content (AvgIpc) is 3.24. The van der Waals surface area contributed by atoms with Crippen LogP contribution in [0.1, 0.15) is 27.4 Å². The summed E-state index contributed by atoms with van der Waals surface area (Å²) in [4.78, 5) is 20.2. The highest BCUT2D eigenvalue weighted by molar-refractivity contribution is 14.1. The molecule has 3 atom stereocenters. The van der Waals surface area contributed by atoms with E-state index < -0.39 is 46.7 Å². The van der Waals surface area contributed by atoms with Gasteiger partial charge in [-0.25, -0.2) is 23.3 Å². The summed E-state index contributed by atoms with van der Waals surface area (Å²) in [5.74, 6) is -3.09. The molecule has 3 N–H and O–H groups in total. The summed E-state index contributed by atoms with van der Waals surface area (Å²) in [5.41, 5.74) is 0.237. The largest absolute Gasteiger partial charge is 0.345 e. The number of benzene rings is 1. The molecule has 158 valence electrons. The zero-order valence-electron chi connectivity index (χ0n) is 15.0. The molecule has 3 aromatic rings. The number of carbonyl (C=O) groups excluding carboxylic acids is 1. The second-order valence-electron chi connectivity index (χ2n) is 6.81. The molecule has 30 heavy (non-hydrogen) atoms. The van der Waals surface area contributed by atoms with Crippen LogP contribution in [0.4, 0.5) is 13.2 Å². The van der Waals surface area contributed by atoms with Gasteiger partial charge in [-0.1, -0.05) is 0 Å². The second-order valence-corrected chi connectivity index (χ2v) is 9.47. The topological polar surface area (TPSA) is 109 Å². The number of hydrogen-bond donors (Lipinski definition) is 2. The van der Waals surface area contributed by atoms with E-state index in [0.717, 1.165) is 6.07 Å². The Morgan fingerprint density at radius 2 is 2.03 bits per heavy atom. The molecule has 2 aromatic heterocycles. The molecule has 0 bridgehead atoms. The number of carbonyl (C=O) groups is 1. The van der Waals surface area contributed by atoms with Crippen molar-refractivity contribution in [1.29, 1.82) is 0 Å². The molecule has 1 aliphatic rings. The van der Waals surface area contributed by atoms with E-state index in [-0.39, 0.29) is 24.6 Å². The van der Waals surface area contributed by atoms with Crippen molar-refractivity contribution in [2.45, 2.75) is 18.4 Å². The number of ketones is 1. The Bertz CT molecular complexity index is 1270. The third-order valence-corrected chi connectivity index (χ3v) is 6.87. The number of H-pyrrole nitrogens is 1. The quantitative estimate of drug-likeness (QED) is 0.296. The van der Waals surface area contributed by atoms with Gasteiger partial charge in [0.05, 0.1) is 5.92 Å². The zero-order valence-corrected chi connectivity index (χ0v) is 18.0. The van der Waals surface area contributed by atoms with E-state index in [4.69, 9.17) is 5.14 Å². The normalized spacial score (nSPS) is 22.6. The first-order valence-corrected chi connectivity index (χ1v) is 11.2. The highest BCUT2D eigenvalue weighted by atomic mass is 127. The van der Waals surface area contributed by atoms with Gasteiger partial charge in [-0.15, -0.1) is 0 Å². The van der Waals surface area contributed by atoms with Crippen molar-refractivity contribution in [3.63, 3.8) is 0 Å². The van der Waals surface area contributed by atoms with Crippen LogP contribution in [0.2, 0.25) is 0 Å². The van der Waals surface area contributed by atoms with Gasteiger partial charge in [-0.2, -0.15) is 12.7 Å². The van der Waals surface area contributed by atoms with Crippen LogP contribution in [0.25, 0.3) is 11.0 Å². The molecule has 12 heteroatoms. The minimum Gasteiger partial charge on any atom is -0.345 e. The Morgan fingerprint density at radius 1 is 1.30 bits per heavy atom. The molecular weight excluding hydrogens is 536 g/mol. The van der Waals surface area contributed by atoms with Crippen LogP contribution in [0.15, 0.2) is 36.7 Å². The first kappa shape index (κ1) is 21.2. The van der Waals surface area contributed by atoms with Crippen molar-refractivity contribution < 1.29 is 26.4 Å². The van der Waals surface area contributed by atoms with Crippen LogP contribution in [0, 0.1) is 9.39 Å². The van der Waals surface area contributed by atoms with Gasteiger partial charge in [-0.05, 0) is 52.4 Å². The Morgan fingerprint density at radius 3 is 2.70 bits per heavy atom. The maximum Gasteiger partial charge on any atom is 0.279 e. The van der Waals surface area contributed by atoms with Crippen LogP contribution >= 0.6 is 22.6 Å². The van der Waals surface area contributed by atoms with Gasteiger partial charge in [0.2, 0.25) is 0 Å². The summed E-state index contributed by atoms with van der Waals surface area (Å²) >= 11 is 1.67. The molecular formula is C18H14F3IN4O3S. The summed E-state index contributed by atoms with van der Waals surface area (Å²) in [6, 6.07) is 5.34. The number of aromatic amines is 1. The lowest BCUT2D eigenvalue weighted by molar-refractivity contribution is 0.103. The Balaban J connectivity index is 1.86. The summed E-state index contributed by atoms with van der Waals surface area (Å²) in [6.07, 6.45) is -1.47. The number of fused-ring (bicyclic) bond motifs is 1. The summed E-state index contributed by atoms with van der Waals surface area (Å²) in [5, 5.41) is 5.45. The number of aromatic nitrogens is 2. The van der Waals surface area contributed by atoms with Crippen molar-refractivity contribution in [1.82, 2.24) is 14.3 Å². The molecule has 1 saturated heterocycles. The van der Waals surface area contributed by atoms with Gasteiger partial charge < -0.3 is 4.98 Å². The van der Waals surface area contributed by atoms with Crippen LogP contribution in [-0.4, -0.2) is 47.5 Å². The van der Waals surface area contributed by atoms with Crippen LogP contribution in [-0.2, 0) is 10.2 Å². The van der Waals surface area contributed by atoms with E-state index in [1.54, 1.807) is 34.7 Å². The standard InChI is InChI=1S/C18H14F3IN4O3S/c19-12-4-9(15-13(20)7-26(17(15)21)30(23,28)29)10(5-14(12)22)16(27)11-6-25-18-8(11)2-1-3-24-18/h1-6,13,15,17H,7H2,(H,24,25)(H2,23,28,29). The number of nitrogens with zero attached hydrogens (tertiary/aromatic N) is 2. The molecule has 0 spiro atoms. The molecule has 0 amide bonds. The maximum atomic E-state index is 14.9. The minimum atomic E-state index is -4.52. The van der Waals surface area contributed by atoms with E-state index >= 15 is 0 Å². The molecule has 4 rings (SSSR count). The molecule has 3 unspecified atom stereocenters. The third-order valence-electron chi connectivity index (χ3n) is 5.03. The van der Waals surface area contributed by atoms with Gasteiger partial charge in [0, 0.05) is 39.0 Å². The lowest BCUT2D eigenvalue weighted by Gasteiger charge is -2.21. The van der Waals surface area contributed by atoms with Gasteiger partial charge in [0.15, 0.2) is 12.1 Å². The summed E-state index contributed by atoms with van der Waals surface area (Å²) in [7, 11) is -4.52. The number of nitrogens with one attached hydrogen (secondary N) is 1. The highest BCUT2D eigenvalue weighted by Crippen LogP contribution is 2.40. The smallest absolute Gasteiger partial charge is 0.279 e. The fraction of sp³-hybridized carbons (Fsp3) is 0.222. The summed E-state index contributed by atoms with van der Waals surface area (Å²) in [6.45, 7) is -0.830. The first-order chi connectivity index (χ1) is 14.1. The SMILES string of the molecule is NS(=O)(=O)N1CC(F)C(c2cc(F)c(I)cc2C(=O)c2c[nH]c3ncccc23)C1F. The number of hydrogen-bond acceptors (Lipinski definition) is 4. The fourth-order valence-electron chi connectivity index (χ4n) is 3.65. The third kappa shape index (κ3) is 3.50. The van der Waals surface area contributed by atoms with Gasteiger partial charge in [0.25, 0.3) is 10.2 Å². The molecule has 1 fully saturated rings. The predicted molar refractivity (Wildman–Crippen MR) is 111 cm³/mol. The predicted octanol–water partition coefficient (Wildman–Crippen LogP) is 2.77. The van der Waals surface area contributed by atoms with Crippen LogP contribution in [0.3, 0.4) is 0 Å². The number of nitrogens with two attached hydrogens (primary N) is 1. The van der Waals surface area contributed by atoms with Crippen molar-refractivity contribution in [2.75, 3.05) is 6.54 Å². The fourth-order valence-corrected chi connectivity index (χ4v) is 4.88. The second kappa shape index (κ2) is 7.59. The molecule has 0 aliphatic carbocycles. The number of alkyl halides is 2.